The first kappa shape index (κ1) is 15.7. The van der Waals surface area contributed by atoms with Crippen molar-refractivity contribution >= 4 is 17.6 Å². The maximum Gasteiger partial charge on any atom is 0.379 e. The standard InChI is InChI=1S/C12H14ClF2NO3/c1-3-19-11(18)12(14,15)10(16)8-5-7(13)4-6(2)9(8)17/h4-5,10,17H,3,16H2,1-2H3/t10-/m1/s1. The highest BCUT2D eigenvalue weighted by Gasteiger charge is 2.48. The first-order valence-electron chi connectivity index (χ1n) is 5.51. The quantitative estimate of drug-likeness (QED) is 0.837. The van der Waals surface area contributed by atoms with E-state index in [1.807, 2.05) is 0 Å². The second-order valence-corrected chi connectivity index (χ2v) is 4.42. The number of esters is 1. The number of phenolic OH excluding ortho intramolecular Hbond substituents is 1. The molecule has 0 saturated heterocycles. The normalized spacial score (nSPS) is 13.2. The van der Waals surface area contributed by atoms with Crippen LogP contribution in [0.5, 0.6) is 5.75 Å². The molecule has 19 heavy (non-hydrogen) atoms. The van der Waals surface area contributed by atoms with Crippen molar-refractivity contribution in [2.45, 2.75) is 25.8 Å². The molecule has 0 heterocycles. The van der Waals surface area contributed by atoms with Crippen LogP contribution >= 0.6 is 11.6 Å². The molecule has 3 N–H and O–H groups in total. The van der Waals surface area contributed by atoms with Crippen LogP contribution in [-0.2, 0) is 9.53 Å². The lowest BCUT2D eigenvalue weighted by Crippen LogP contribution is -2.41. The Hall–Kier alpha value is -1.40. The molecule has 0 aliphatic carbocycles. The topological polar surface area (TPSA) is 72.5 Å². The monoisotopic (exact) mass is 293 g/mol. The van der Waals surface area contributed by atoms with Gasteiger partial charge in [-0.2, -0.15) is 8.78 Å². The minimum Gasteiger partial charge on any atom is -0.507 e. The molecule has 0 aromatic heterocycles. The van der Waals surface area contributed by atoms with Crippen molar-refractivity contribution in [2.75, 3.05) is 6.61 Å². The number of halogens is 3. The van der Waals surface area contributed by atoms with Crippen LogP contribution in [0.3, 0.4) is 0 Å². The Balaban J connectivity index is 3.19. The number of ether oxygens (including phenoxy) is 1. The van der Waals surface area contributed by atoms with Crippen LogP contribution < -0.4 is 5.73 Å². The second-order valence-electron chi connectivity index (χ2n) is 3.98. The van der Waals surface area contributed by atoms with E-state index < -0.39 is 23.7 Å². The molecular formula is C12H14ClF2NO3. The fourth-order valence-corrected chi connectivity index (χ4v) is 1.83. The summed E-state index contributed by atoms with van der Waals surface area (Å²) in [5.74, 6) is -6.11. The van der Waals surface area contributed by atoms with Gasteiger partial charge in [0.15, 0.2) is 0 Å². The van der Waals surface area contributed by atoms with Crippen LogP contribution in [0, 0.1) is 6.92 Å². The van der Waals surface area contributed by atoms with Crippen molar-refractivity contribution in [3.05, 3.63) is 28.3 Å². The molecule has 1 rings (SSSR count). The molecule has 0 fully saturated rings. The maximum atomic E-state index is 13.8. The lowest BCUT2D eigenvalue weighted by molar-refractivity contribution is -0.174. The number of rotatable bonds is 4. The van der Waals surface area contributed by atoms with Gasteiger partial charge in [-0.25, -0.2) is 4.79 Å². The van der Waals surface area contributed by atoms with Crippen LogP contribution in [0.4, 0.5) is 8.78 Å². The molecule has 0 aliphatic heterocycles. The Morgan fingerprint density at radius 3 is 2.68 bits per heavy atom. The zero-order valence-corrected chi connectivity index (χ0v) is 11.2. The van der Waals surface area contributed by atoms with Crippen LogP contribution in [0.25, 0.3) is 0 Å². The Bertz CT molecular complexity index is 494. The molecule has 1 aromatic rings. The molecule has 0 radical (unpaired) electrons. The first-order chi connectivity index (χ1) is 8.71. The molecule has 0 saturated carbocycles. The van der Waals surface area contributed by atoms with Gasteiger partial charge in [-0.05, 0) is 31.5 Å². The summed E-state index contributed by atoms with van der Waals surface area (Å²) in [5.41, 5.74) is 5.36. The molecule has 7 heteroatoms. The number of aromatic hydroxyl groups is 1. The molecule has 1 aromatic carbocycles. The highest BCUT2D eigenvalue weighted by atomic mass is 35.5. The van der Waals surface area contributed by atoms with E-state index in [1.54, 1.807) is 0 Å². The number of carbonyl (C=O) groups is 1. The van der Waals surface area contributed by atoms with Crippen molar-refractivity contribution in [3.63, 3.8) is 0 Å². The van der Waals surface area contributed by atoms with E-state index in [-0.39, 0.29) is 22.8 Å². The molecule has 0 spiro atoms. The van der Waals surface area contributed by atoms with Crippen LogP contribution in [0.2, 0.25) is 5.02 Å². The summed E-state index contributed by atoms with van der Waals surface area (Å²) in [4.78, 5) is 11.2. The van der Waals surface area contributed by atoms with E-state index >= 15 is 0 Å². The van der Waals surface area contributed by atoms with Gasteiger partial charge in [0.1, 0.15) is 11.8 Å². The Morgan fingerprint density at radius 2 is 2.16 bits per heavy atom. The summed E-state index contributed by atoms with van der Waals surface area (Å²) in [6.07, 6.45) is 0. The van der Waals surface area contributed by atoms with Gasteiger partial charge >= 0.3 is 11.9 Å². The van der Waals surface area contributed by atoms with E-state index in [4.69, 9.17) is 17.3 Å². The average Bonchev–Trinajstić information content (AvgIpc) is 2.33. The number of carbonyl (C=O) groups excluding carboxylic acids is 1. The number of benzene rings is 1. The van der Waals surface area contributed by atoms with Gasteiger partial charge in [0.05, 0.1) is 6.61 Å². The molecule has 4 nitrogen and oxygen atoms in total. The molecular weight excluding hydrogens is 280 g/mol. The molecule has 0 unspecified atom stereocenters. The Kier molecular flexibility index (Phi) is 4.70. The van der Waals surface area contributed by atoms with Crippen molar-refractivity contribution in [1.29, 1.82) is 0 Å². The molecule has 0 amide bonds. The van der Waals surface area contributed by atoms with Crippen molar-refractivity contribution < 1.29 is 23.4 Å². The predicted octanol–water partition coefficient (Wildman–Crippen LogP) is 2.55. The summed E-state index contributed by atoms with van der Waals surface area (Å²) < 4.78 is 31.8. The highest BCUT2D eigenvalue weighted by Crippen LogP contribution is 2.38. The van der Waals surface area contributed by atoms with Crippen LogP contribution in [0.1, 0.15) is 24.1 Å². The predicted molar refractivity (Wildman–Crippen MR) is 66.4 cm³/mol. The number of aryl methyl sites for hydroxylation is 1. The third-order valence-electron chi connectivity index (χ3n) is 2.57. The third kappa shape index (κ3) is 3.13. The minimum absolute atomic E-state index is 0.139. The smallest absolute Gasteiger partial charge is 0.379 e. The summed E-state index contributed by atoms with van der Waals surface area (Å²) in [6, 6.07) is 0.459. The molecule has 1 atom stereocenters. The summed E-state index contributed by atoms with van der Waals surface area (Å²) >= 11 is 5.73. The van der Waals surface area contributed by atoms with Crippen molar-refractivity contribution in [3.8, 4) is 5.75 Å². The number of hydrogen-bond donors (Lipinski definition) is 2. The lowest BCUT2D eigenvalue weighted by Gasteiger charge is -2.23. The molecule has 0 bridgehead atoms. The summed E-state index contributed by atoms with van der Waals surface area (Å²) in [7, 11) is 0. The van der Waals surface area contributed by atoms with Gasteiger partial charge in [0, 0.05) is 10.6 Å². The first-order valence-corrected chi connectivity index (χ1v) is 5.89. The van der Waals surface area contributed by atoms with Gasteiger partial charge in [-0.1, -0.05) is 11.6 Å². The summed E-state index contributed by atoms with van der Waals surface area (Å²) in [6.45, 7) is 2.70. The summed E-state index contributed by atoms with van der Waals surface area (Å²) in [5, 5.41) is 9.88. The van der Waals surface area contributed by atoms with Crippen LogP contribution in [0.15, 0.2) is 12.1 Å². The van der Waals surface area contributed by atoms with E-state index in [9.17, 15) is 18.7 Å². The van der Waals surface area contributed by atoms with E-state index in [2.05, 4.69) is 4.74 Å². The van der Waals surface area contributed by atoms with Gasteiger partial charge in [-0.15, -0.1) is 0 Å². The average molecular weight is 294 g/mol. The zero-order chi connectivity index (χ0) is 14.8. The molecule has 106 valence electrons. The van der Waals surface area contributed by atoms with Gasteiger partial charge in [-0.3, -0.25) is 0 Å². The SMILES string of the molecule is CCOC(=O)C(F)(F)[C@H](N)c1cc(Cl)cc(C)c1O. The Labute approximate surface area is 114 Å². The van der Waals surface area contributed by atoms with Crippen molar-refractivity contribution in [2.24, 2.45) is 5.73 Å². The van der Waals surface area contributed by atoms with E-state index in [0.717, 1.165) is 6.07 Å². The maximum absolute atomic E-state index is 13.8. The highest BCUT2D eigenvalue weighted by molar-refractivity contribution is 6.30. The zero-order valence-electron chi connectivity index (χ0n) is 10.4. The lowest BCUT2D eigenvalue weighted by atomic mass is 9.98. The fourth-order valence-electron chi connectivity index (χ4n) is 1.55. The number of hydrogen-bond acceptors (Lipinski definition) is 4. The second kappa shape index (κ2) is 5.71. The van der Waals surface area contributed by atoms with E-state index in [1.165, 1.54) is 19.9 Å². The van der Waals surface area contributed by atoms with E-state index in [0.29, 0.717) is 0 Å². The number of nitrogens with two attached hydrogens (primary N) is 1. The largest absolute Gasteiger partial charge is 0.507 e. The van der Waals surface area contributed by atoms with Gasteiger partial charge in [0.25, 0.3) is 0 Å². The van der Waals surface area contributed by atoms with Crippen LogP contribution in [-0.4, -0.2) is 23.6 Å². The minimum atomic E-state index is -3.95. The van der Waals surface area contributed by atoms with Gasteiger partial charge < -0.3 is 15.6 Å². The van der Waals surface area contributed by atoms with Gasteiger partial charge in [0.2, 0.25) is 0 Å². The third-order valence-corrected chi connectivity index (χ3v) is 2.79. The van der Waals surface area contributed by atoms with Crippen molar-refractivity contribution in [1.82, 2.24) is 0 Å². The number of phenols is 1. The number of alkyl halides is 2. The Morgan fingerprint density at radius 1 is 1.58 bits per heavy atom. The molecule has 0 aliphatic rings. The fraction of sp³-hybridized carbons (Fsp3) is 0.417.